The van der Waals surface area contributed by atoms with Crippen molar-refractivity contribution in [3.8, 4) is 11.8 Å². The van der Waals surface area contributed by atoms with E-state index in [9.17, 15) is 13.7 Å². The minimum atomic E-state index is -3.79. The molecule has 4 aromatic rings. The van der Waals surface area contributed by atoms with Gasteiger partial charge in [-0.05, 0) is 66.8 Å². The number of nitriles is 1. The molecule has 0 fully saturated rings. The van der Waals surface area contributed by atoms with E-state index in [4.69, 9.17) is 9.73 Å². The molecule has 4 aromatic carbocycles. The lowest BCUT2D eigenvalue weighted by Crippen LogP contribution is -2.27. The topological polar surface area (TPSA) is 82.8 Å². The number of hydrogen-bond acceptors (Lipinski definition) is 6. The Balaban J connectivity index is 1.79. The fraction of sp³-hybridized carbons (Fsp3) is 0.235. The molecule has 0 saturated heterocycles. The van der Waals surface area contributed by atoms with Crippen LogP contribution in [0.5, 0.6) is 5.75 Å². The summed E-state index contributed by atoms with van der Waals surface area (Å²) in [5, 5.41) is 12.1. The molecule has 0 bridgehead atoms. The molecule has 1 aliphatic heterocycles. The first-order valence-corrected chi connectivity index (χ1v) is 15.0. The average molecular weight is 564 g/mol. The molecule has 0 aromatic heterocycles. The zero-order valence-corrected chi connectivity index (χ0v) is 25.0. The third kappa shape index (κ3) is 4.49. The quantitative estimate of drug-likeness (QED) is 0.186. The summed E-state index contributed by atoms with van der Waals surface area (Å²) in [6.07, 6.45) is 0. The Bertz CT molecular complexity index is 1880. The molecule has 41 heavy (non-hydrogen) atoms. The number of rotatable bonds is 6. The van der Waals surface area contributed by atoms with E-state index >= 15 is 0 Å². The van der Waals surface area contributed by atoms with Crippen molar-refractivity contribution >= 4 is 32.0 Å². The van der Waals surface area contributed by atoms with Gasteiger partial charge in [0.25, 0.3) is 0 Å². The monoisotopic (exact) mass is 563 g/mol. The fourth-order valence-electron chi connectivity index (χ4n) is 5.97. The summed E-state index contributed by atoms with van der Waals surface area (Å²) in [4.78, 5) is 7.40. The van der Waals surface area contributed by atoms with Crippen molar-refractivity contribution < 1.29 is 13.2 Å². The molecule has 0 spiro atoms. The van der Waals surface area contributed by atoms with Crippen molar-refractivity contribution in [2.45, 2.75) is 42.9 Å². The number of benzene rings is 4. The van der Waals surface area contributed by atoms with Gasteiger partial charge in [-0.15, -0.1) is 0 Å². The smallest absolute Gasteiger partial charge is 0.207 e. The molecule has 0 atom stereocenters. The predicted molar refractivity (Wildman–Crippen MR) is 165 cm³/mol. The Hall–Kier alpha value is -4.41. The van der Waals surface area contributed by atoms with Crippen LogP contribution in [0, 0.1) is 18.3 Å². The highest BCUT2D eigenvalue weighted by atomic mass is 32.2. The number of aryl methyl sites for hydroxylation is 1. The van der Waals surface area contributed by atoms with Crippen molar-refractivity contribution in [2.24, 2.45) is 4.99 Å². The lowest BCUT2D eigenvalue weighted by atomic mass is 9.80. The predicted octanol–water partition coefficient (Wildman–Crippen LogP) is 7.00. The van der Waals surface area contributed by atoms with E-state index in [0.717, 1.165) is 39.2 Å². The number of aliphatic imine (C=N–C) groups is 1. The van der Waals surface area contributed by atoms with Gasteiger partial charge >= 0.3 is 0 Å². The molecule has 0 unspecified atom stereocenters. The van der Waals surface area contributed by atoms with Crippen LogP contribution in [-0.2, 0) is 15.3 Å². The molecule has 0 aliphatic carbocycles. The minimum absolute atomic E-state index is 0.228. The van der Waals surface area contributed by atoms with E-state index in [2.05, 4.69) is 24.8 Å². The normalized spacial score (nSPS) is 15.9. The molecule has 1 aliphatic rings. The van der Waals surface area contributed by atoms with Crippen LogP contribution < -0.4 is 9.64 Å². The number of allylic oxidation sites excluding steroid dienone is 2. The van der Waals surface area contributed by atoms with Gasteiger partial charge in [0.1, 0.15) is 11.8 Å². The van der Waals surface area contributed by atoms with Crippen LogP contribution in [0.3, 0.4) is 0 Å². The highest BCUT2D eigenvalue weighted by molar-refractivity contribution is 7.91. The van der Waals surface area contributed by atoms with Gasteiger partial charge < -0.3 is 9.64 Å². The Labute approximate surface area is 242 Å². The second-order valence-electron chi connectivity index (χ2n) is 10.7. The van der Waals surface area contributed by atoms with Crippen molar-refractivity contribution in [1.82, 2.24) is 0 Å². The van der Waals surface area contributed by atoms with Crippen LogP contribution in [0.2, 0.25) is 0 Å². The van der Waals surface area contributed by atoms with E-state index in [1.54, 1.807) is 43.5 Å². The number of nitrogens with zero attached hydrogens (tertiary/aromatic N) is 3. The van der Waals surface area contributed by atoms with Crippen molar-refractivity contribution in [3.05, 3.63) is 107 Å². The number of fused-ring (bicyclic) bond motifs is 2. The zero-order valence-electron chi connectivity index (χ0n) is 24.2. The summed E-state index contributed by atoms with van der Waals surface area (Å²) in [6.45, 7) is 8.55. The van der Waals surface area contributed by atoms with Crippen LogP contribution in [-0.4, -0.2) is 34.8 Å². The molecule has 0 saturated carbocycles. The molecule has 0 amide bonds. The maximum absolute atomic E-state index is 13.8. The summed E-state index contributed by atoms with van der Waals surface area (Å²) >= 11 is 0. The average Bonchev–Trinajstić information content (AvgIpc) is 3.17. The van der Waals surface area contributed by atoms with E-state index < -0.39 is 15.3 Å². The number of ether oxygens (including phenoxy) is 1. The first kappa shape index (κ1) is 28.1. The lowest BCUT2D eigenvalue weighted by Gasteiger charge is -2.26. The molecular formula is C34H33N3O3S. The van der Waals surface area contributed by atoms with Crippen molar-refractivity contribution in [3.63, 3.8) is 0 Å². The number of anilines is 1. The first-order valence-electron chi connectivity index (χ1n) is 13.5. The third-order valence-corrected chi connectivity index (χ3v) is 9.70. The Morgan fingerprint density at radius 1 is 1.02 bits per heavy atom. The van der Waals surface area contributed by atoms with Gasteiger partial charge in [0.05, 0.1) is 28.2 Å². The standard InChI is InChI=1S/C34H33N3O3S/c1-7-36-32(27(21-35)33-34(3,4)28-20-23(40-6)17-18-29(28)37(33)5)26-15-11-14-25-30(19-16-22(2)31(25)26)41(38,39)24-12-9-8-10-13-24/h8-20H,7H2,1-6H3/b33-27-,36-32-. The molecule has 208 valence electrons. The van der Waals surface area contributed by atoms with Crippen LogP contribution >= 0.6 is 0 Å². The number of methoxy groups -OCH3 is 1. The van der Waals surface area contributed by atoms with Crippen molar-refractivity contribution in [1.29, 1.82) is 5.26 Å². The fourth-order valence-corrected chi connectivity index (χ4v) is 7.45. The molecule has 0 radical (unpaired) electrons. The zero-order chi connectivity index (χ0) is 29.5. The van der Waals surface area contributed by atoms with Crippen LogP contribution in [0.1, 0.15) is 37.5 Å². The van der Waals surface area contributed by atoms with Gasteiger partial charge in [0, 0.05) is 41.3 Å². The lowest BCUT2D eigenvalue weighted by molar-refractivity contribution is 0.413. The Morgan fingerprint density at radius 3 is 2.41 bits per heavy atom. The molecule has 6 nitrogen and oxygen atoms in total. The molecule has 7 heteroatoms. The molecule has 1 heterocycles. The van der Waals surface area contributed by atoms with Crippen LogP contribution in [0.4, 0.5) is 5.69 Å². The molecule has 0 N–H and O–H groups in total. The number of hydrogen-bond donors (Lipinski definition) is 0. The SMILES string of the molecule is CC/N=C(\C(C#N)=C1/N(C)c2ccc(OC)cc2C1(C)C)c1cccc2c(S(=O)(=O)c3ccccc3)ccc(C)c12. The van der Waals surface area contributed by atoms with E-state index in [-0.39, 0.29) is 9.79 Å². The third-order valence-electron chi connectivity index (χ3n) is 7.87. The summed E-state index contributed by atoms with van der Waals surface area (Å²) in [5.74, 6) is 0.754. The second-order valence-corrected chi connectivity index (χ2v) is 12.6. The highest BCUT2D eigenvalue weighted by Crippen LogP contribution is 2.49. The number of sulfone groups is 1. The van der Waals surface area contributed by atoms with Gasteiger partial charge in [-0.25, -0.2) is 8.42 Å². The highest BCUT2D eigenvalue weighted by Gasteiger charge is 2.42. The Morgan fingerprint density at radius 2 is 1.76 bits per heavy atom. The van der Waals surface area contributed by atoms with Gasteiger partial charge in [0.15, 0.2) is 0 Å². The van der Waals surface area contributed by atoms with Gasteiger partial charge in [0.2, 0.25) is 9.84 Å². The van der Waals surface area contributed by atoms with E-state index in [1.807, 2.05) is 63.4 Å². The van der Waals surface area contributed by atoms with E-state index in [1.165, 1.54) is 0 Å². The van der Waals surface area contributed by atoms with Crippen molar-refractivity contribution in [2.75, 3.05) is 25.6 Å². The molecular weight excluding hydrogens is 530 g/mol. The van der Waals surface area contributed by atoms with E-state index in [0.29, 0.717) is 23.2 Å². The maximum atomic E-state index is 13.8. The maximum Gasteiger partial charge on any atom is 0.207 e. The van der Waals surface area contributed by atoms with Crippen LogP contribution in [0.25, 0.3) is 10.8 Å². The first-order chi connectivity index (χ1) is 19.6. The largest absolute Gasteiger partial charge is 0.497 e. The second kappa shape index (κ2) is 10.5. The minimum Gasteiger partial charge on any atom is -0.497 e. The summed E-state index contributed by atoms with van der Waals surface area (Å²) < 4.78 is 33.0. The summed E-state index contributed by atoms with van der Waals surface area (Å²) in [6, 6.07) is 26.0. The van der Waals surface area contributed by atoms with Gasteiger partial charge in [-0.1, -0.05) is 56.3 Å². The Kier molecular flexibility index (Phi) is 7.23. The summed E-state index contributed by atoms with van der Waals surface area (Å²) in [7, 11) is -0.174. The van der Waals surface area contributed by atoms with Gasteiger partial charge in [-0.3, -0.25) is 4.99 Å². The number of likely N-dealkylation sites (N-methyl/N-ethyl adjacent to an activating group) is 1. The van der Waals surface area contributed by atoms with Gasteiger partial charge in [-0.2, -0.15) is 5.26 Å². The molecule has 5 rings (SSSR count). The summed E-state index contributed by atoms with van der Waals surface area (Å²) in [5.41, 5.74) is 5.01. The van der Waals surface area contributed by atoms with Crippen LogP contribution in [0.15, 0.2) is 105 Å².